The van der Waals surface area contributed by atoms with Crippen molar-refractivity contribution in [1.29, 1.82) is 0 Å². The van der Waals surface area contributed by atoms with Crippen LogP contribution in [0.4, 0.5) is 0 Å². The number of rotatable bonds is 6. The standard InChI is InChI=1S/C14H18Br2N2O2/c1-18(2)13(19)8-20-14-11(15)5-9(6-12(14)16)7-17-10-3-4-10/h5-6,10,17H,3-4,7-8H2,1-2H3. The van der Waals surface area contributed by atoms with E-state index in [9.17, 15) is 4.79 Å². The molecular weight excluding hydrogens is 388 g/mol. The number of benzene rings is 1. The zero-order chi connectivity index (χ0) is 14.7. The van der Waals surface area contributed by atoms with Crippen molar-refractivity contribution in [1.82, 2.24) is 10.2 Å². The third-order valence-electron chi connectivity index (χ3n) is 3.07. The first-order chi connectivity index (χ1) is 9.47. The molecular formula is C14H18Br2N2O2. The Bertz CT molecular complexity index is 479. The summed E-state index contributed by atoms with van der Waals surface area (Å²) in [6, 6.07) is 4.73. The number of hydrogen-bond donors (Lipinski definition) is 1. The SMILES string of the molecule is CN(C)C(=O)COc1c(Br)cc(CNC2CC2)cc1Br. The third kappa shape index (κ3) is 4.46. The average Bonchev–Trinajstić information content (AvgIpc) is 3.18. The predicted octanol–water partition coefficient (Wildman–Crippen LogP) is 2.93. The number of halogens is 2. The number of nitrogens with zero attached hydrogens (tertiary/aromatic N) is 1. The number of carbonyl (C=O) groups is 1. The zero-order valence-electron chi connectivity index (χ0n) is 11.6. The molecule has 1 aromatic carbocycles. The minimum atomic E-state index is -0.0664. The highest BCUT2D eigenvalue weighted by atomic mass is 79.9. The summed E-state index contributed by atoms with van der Waals surface area (Å²) in [5.41, 5.74) is 1.18. The number of likely N-dealkylation sites (N-methyl/N-ethyl adjacent to an activating group) is 1. The molecule has 1 aliphatic rings. The lowest BCUT2D eigenvalue weighted by Crippen LogP contribution is -2.27. The number of carbonyl (C=O) groups excluding carboxylic acids is 1. The van der Waals surface area contributed by atoms with Crippen LogP contribution in [0.25, 0.3) is 0 Å². The summed E-state index contributed by atoms with van der Waals surface area (Å²) in [6.45, 7) is 0.878. The molecule has 110 valence electrons. The average molecular weight is 406 g/mol. The van der Waals surface area contributed by atoms with Gasteiger partial charge in [0.1, 0.15) is 5.75 Å². The van der Waals surface area contributed by atoms with Crippen molar-refractivity contribution < 1.29 is 9.53 Å². The van der Waals surface area contributed by atoms with Gasteiger partial charge in [0.05, 0.1) is 8.95 Å². The van der Waals surface area contributed by atoms with Gasteiger partial charge in [-0.1, -0.05) is 0 Å². The normalized spacial score (nSPS) is 14.2. The number of nitrogens with one attached hydrogen (secondary N) is 1. The van der Waals surface area contributed by atoms with Gasteiger partial charge in [-0.2, -0.15) is 0 Å². The van der Waals surface area contributed by atoms with E-state index in [4.69, 9.17) is 4.74 Å². The van der Waals surface area contributed by atoms with Gasteiger partial charge in [0, 0.05) is 26.7 Å². The molecule has 0 spiro atoms. The molecule has 0 heterocycles. The van der Waals surface area contributed by atoms with E-state index in [1.54, 1.807) is 14.1 Å². The van der Waals surface area contributed by atoms with E-state index < -0.39 is 0 Å². The molecule has 0 atom stereocenters. The first-order valence-electron chi connectivity index (χ1n) is 6.51. The largest absolute Gasteiger partial charge is 0.481 e. The van der Waals surface area contributed by atoms with E-state index in [1.807, 2.05) is 12.1 Å². The van der Waals surface area contributed by atoms with Crippen molar-refractivity contribution in [2.24, 2.45) is 0 Å². The Hall–Kier alpha value is -0.590. The molecule has 1 saturated carbocycles. The van der Waals surface area contributed by atoms with Crippen molar-refractivity contribution in [3.63, 3.8) is 0 Å². The van der Waals surface area contributed by atoms with Gasteiger partial charge in [-0.25, -0.2) is 0 Å². The summed E-state index contributed by atoms with van der Waals surface area (Å²) < 4.78 is 7.28. The Morgan fingerprint density at radius 2 is 1.95 bits per heavy atom. The highest BCUT2D eigenvalue weighted by Crippen LogP contribution is 2.35. The number of hydrogen-bond acceptors (Lipinski definition) is 3. The second-order valence-corrected chi connectivity index (χ2v) is 6.83. The van der Waals surface area contributed by atoms with Crippen molar-refractivity contribution in [2.45, 2.75) is 25.4 Å². The van der Waals surface area contributed by atoms with Gasteiger partial charge in [0.15, 0.2) is 6.61 Å². The second kappa shape index (κ2) is 6.91. The topological polar surface area (TPSA) is 41.6 Å². The molecule has 6 heteroatoms. The van der Waals surface area contributed by atoms with E-state index in [1.165, 1.54) is 23.3 Å². The van der Waals surface area contributed by atoms with E-state index in [0.29, 0.717) is 11.8 Å². The second-order valence-electron chi connectivity index (χ2n) is 5.12. The van der Waals surface area contributed by atoms with Crippen LogP contribution in [0.5, 0.6) is 5.75 Å². The van der Waals surface area contributed by atoms with Crippen molar-refractivity contribution in [2.75, 3.05) is 20.7 Å². The lowest BCUT2D eigenvalue weighted by molar-refractivity contribution is -0.130. The van der Waals surface area contributed by atoms with Gasteiger partial charge in [-0.05, 0) is 62.4 Å². The van der Waals surface area contributed by atoms with Crippen molar-refractivity contribution in [3.8, 4) is 5.75 Å². The molecule has 0 saturated heterocycles. The summed E-state index contributed by atoms with van der Waals surface area (Å²) in [6.07, 6.45) is 2.55. The van der Waals surface area contributed by atoms with Gasteiger partial charge in [-0.3, -0.25) is 4.79 Å². The fourth-order valence-electron chi connectivity index (χ4n) is 1.66. The van der Waals surface area contributed by atoms with Crippen LogP contribution in [0, 0.1) is 0 Å². The van der Waals surface area contributed by atoms with Crippen molar-refractivity contribution in [3.05, 3.63) is 26.6 Å². The molecule has 2 rings (SSSR count). The van der Waals surface area contributed by atoms with Crippen LogP contribution in [0.1, 0.15) is 18.4 Å². The quantitative estimate of drug-likeness (QED) is 0.791. The first kappa shape index (κ1) is 15.8. The maximum atomic E-state index is 11.6. The molecule has 1 fully saturated rings. The minimum absolute atomic E-state index is 0.0316. The lowest BCUT2D eigenvalue weighted by Gasteiger charge is -2.14. The fourth-order valence-corrected chi connectivity index (χ4v) is 3.18. The summed E-state index contributed by atoms with van der Waals surface area (Å²) >= 11 is 7.00. The van der Waals surface area contributed by atoms with Gasteiger partial charge in [0.2, 0.25) is 0 Å². The Balaban J connectivity index is 1.99. The summed E-state index contributed by atoms with van der Waals surface area (Å²) in [7, 11) is 3.42. The molecule has 1 aliphatic carbocycles. The minimum Gasteiger partial charge on any atom is -0.481 e. The van der Waals surface area contributed by atoms with E-state index >= 15 is 0 Å². The first-order valence-corrected chi connectivity index (χ1v) is 8.10. The summed E-state index contributed by atoms with van der Waals surface area (Å²) in [4.78, 5) is 13.1. The van der Waals surface area contributed by atoms with Crippen LogP contribution in [-0.2, 0) is 11.3 Å². The summed E-state index contributed by atoms with van der Waals surface area (Å²) in [5, 5.41) is 3.47. The van der Waals surface area contributed by atoms with Gasteiger partial charge in [0.25, 0.3) is 5.91 Å². The van der Waals surface area contributed by atoms with Crippen LogP contribution in [0.2, 0.25) is 0 Å². The van der Waals surface area contributed by atoms with E-state index in [2.05, 4.69) is 37.2 Å². The molecule has 0 radical (unpaired) electrons. The highest BCUT2D eigenvalue weighted by molar-refractivity contribution is 9.11. The van der Waals surface area contributed by atoms with Crippen molar-refractivity contribution >= 4 is 37.8 Å². The number of ether oxygens (including phenoxy) is 1. The smallest absolute Gasteiger partial charge is 0.259 e. The highest BCUT2D eigenvalue weighted by Gasteiger charge is 2.20. The van der Waals surface area contributed by atoms with Gasteiger partial charge < -0.3 is 15.0 Å². The molecule has 0 aromatic heterocycles. The van der Waals surface area contributed by atoms with Crippen LogP contribution >= 0.6 is 31.9 Å². The molecule has 0 bridgehead atoms. The van der Waals surface area contributed by atoms with Crippen LogP contribution in [-0.4, -0.2) is 37.6 Å². The van der Waals surface area contributed by atoms with Crippen LogP contribution < -0.4 is 10.1 Å². The van der Waals surface area contributed by atoms with E-state index in [0.717, 1.165) is 15.5 Å². The third-order valence-corrected chi connectivity index (χ3v) is 4.25. The maximum Gasteiger partial charge on any atom is 0.259 e. The van der Waals surface area contributed by atoms with Gasteiger partial charge in [-0.15, -0.1) is 0 Å². The van der Waals surface area contributed by atoms with Crippen LogP contribution in [0.3, 0.4) is 0 Å². The maximum absolute atomic E-state index is 11.6. The lowest BCUT2D eigenvalue weighted by atomic mass is 10.2. The Morgan fingerprint density at radius 1 is 1.35 bits per heavy atom. The Labute approximate surface area is 136 Å². The Kier molecular flexibility index (Phi) is 5.46. The number of amides is 1. The monoisotopic (exact) mass is 404 g/mol. The molecule has 1 amide bonds. The molecule has 4 nitrogen and oxygen atoms in total. The molecule has 0 aliphatic heterocycles. The summed E-state index contributed by atoms with van der Waals surface area (Å²) in [5.74, 6) is 0.596. The molecule has 20 heavy (non-hydrogen) atoms. The Morgan fingerprint density at radius 3 is 2.45 bits per heavy atom. The fraction of sp³-hybridized carbons (Fsp3) is 0.500. The molecule has 0 unspecified atom stereocenters. The van der Waals surface area contributed by atoms with Crippen LogP contribution in [0.15, 0.2) is 21.1 Å². The predicted molar refractivity (Wildman–Crippen MR) is 85.9 cm³/mol. The van der Waals surface area contributed by atoms with E-state index in [-0.39, 0.29) is 12.5 Å². The molecule has 1 aromatic rings. The molecule has 1 N–H and O–H groups in total. The zero-order valence-corrected chi connectivity index (χ0v) is 14.8. The van der Waals surface area contributed by atoms with Gasteiger partial charge >= 0.3 is 0 Å².